The quantitative estimate of drug-likeness (QED) is 0.369. The molecule has 3 heterocycles. The molecule has 1 N–H and O–H groups in total. The Labute approximate surface area is 214 Å². The summed E-state index contributed by atoms with van der Waals surface area (Å²) in [5.74, 6) is -1.56. The van der Waals surface area contributed by atoms with E-state index < -0.39 is 17.8 Å². The largest absolute Gasteiger partial charge is 0.465 e. The van der Waals surface area contributed by atoms with Gasteiger partial charge in [-0.15, -0.1) is 11.3 Å². The molecule has 0 atom stereocenters. The smallest absolute Gasteiger partial charge is 0.341 e. The standard InChI is InChI=1S/C27H31N3O5S/c1-15-13-17(14-20-23(31)28-27(34)30(24(20)32)18-9-5-4-6-10-18)16(2)29(15)25-22(26(33)35-3)19-11-7-8-12-21(19)36-25/h13-14,18H,4-12H2,1-3H3,(H,28,31,34). The number of hydrogen-bond acceptors (Lipinski definition) is 6. The molecule has 2 fully saturated rings. The Morgan fingerprint density at radius 3 is 2.53 bits per heavy atom. The average molecular weight is 510 g/mol. The Morgan fingerprint density at radius 2 is 1.81 bits per heavy atom. The van der Waals surface area contributed by atoms with Crippen molar-refractivity contribution in [2.75, 3.05) is 7.11 Å². The van der Waals surface area contributed by atoms with Crippen LogP contribution in [-0.4, -0.2) is 46.4 Å². The minimum Gasteiger partial charge on any atom is -0.465 e. The number of barbiturate groups is 1. The van der Waals surface area contributed by atoms with Gasteiger partial charge >= 0.3 is 12.0 Å². The lowest BCUT2D eigenvalue weighted by Crippen LogP contribution is -2.58. The monoisotopic (exact) mass is 509 g/mol. The summed E-state index contributed by atoms with van der Waals surface area (Å²) in [5.41, 5.74) is 4.03. The fourth-order valence-electron chi connectivity index (χ4n) is 5.77. The van der Waals surface area contributed by atoms with E-state index in [4.69, 9.17) is 4.74 Å². The van der Waals surface area contributed by atoms with Gasteiger partial charge in [-0.25, -0.2) is 9.59 Å². The zero-order valence-corrected chi connectivity index (χ0v) is 21.8. The van der Waals surface area contributed by atoms with E-state index in [0.717, 1.165) is 79.7 Å². The number of aromatic nitrogens is 1. The minimum atomic E-state index is -0.677. The Bertz CT molecular complexity index is 1290. The van der Waals surface area contributed by atoms with Gasteiger partial charge in [0.25, 0.3) is 11.8 Å². The van der Waals surface area contributed by atoms with Gasteiger partial charge in [-0.3, -0.25) is 19.8 Å². The number of carbonyl (C=O) groups excluding carboxylic acids is 4. The summed E-state index contributed by atoms with van der Waals surface area (Å²) < 4.78 is 7.16. The number of imide groups is 2. The molecule has 1 saturated carbocycles. The van der Waals surface area contributed by atoms with Crippen molar-refractivity contribution in [3.8, 4) is 5.00 Å². The predicted octanol–water partition coefficient (Wildman–Crippen LogP) is 4.62. The number of hydrogen-bond donors (Lipinski definition) is 1. The van der Waals surface area contributed by atoms with Crippen molar-refractivity contribution in [3.05, 3.63) is 44.6 Å². The third-order valence-electron chi connectivity index (χ3n) is 7.59. The van der Waals surface area contributed by atoms with Crippen LogP contribution in [0.5, 0.6) is 0 Å². The highest BCUT2D eigenvalue weighted by Gasteiger charge is 2.40. The third-order valence-corrected chi connectivity index (χ3v) is 8.87. The number of carbonyl (C=O) groups is 4. The fourth-order valence-corrected chi connectivity index (χ4v) is 7.25. The van der Waals surface area contributed by atoms with E-state index in [2.05, 4.69) is 5.32 Å². The maximum atomic E-state index is 13.3. The van der Waals surface area contributed by atoms with Gasteiger partial charge < -0.3 is 9.30 Å². The molecule has 1 aliphatic heterocycles. The van der Waals surface area contributed by atoms with Crippen LogP contribution >= 0.6 is 11.3 Å². The molecular weight excluding hydrogens is 478 g/mol. The number of fused-ring (bicyclic) bond motifs is 1. The molecule has 2 aromatic heterocycles. The van der Waals surface area contributed by atoms with Crippen molar-refractivity contribution < 1.29 is 23.9 Å². The van der Waals surface area contributed by atoms with E-state index in [-0.39, 0.29) is 17.6 Å². The van der Waals surface area contributed by atoms with E-state index >= 15 is 0 Å². The van der Waals surface area contributed by atoms with Gasteiger partial charge in [-0.1, -0.05) is 19.3 Å². The van der Waals surface area contributed by atoms with Crippen LogP contribution in [0.1, 0.15) is 82.7 Å². The van der Waals surface area contributed by atoms with Crippen LogP contribution < -0.4 is 5.32 Å². The second kappa shape index (κ2) is 9.69. The summed E-state index contributed by atoms with van der Waals surface area (Å²) in [7, 11) is 1.40. The molecule has 9 heteroatoms. The predicted molar refractivity (Wildman–Crippen MR) is 136 cm³/mol. The summed E-state index contributed by atoms with van der Waals surface area (Å²) >= 11 is 1.61. The Balaban J connectivity index is 1.56. The van der Waals surface area contributed by atoms with Crippen LogP contribution in [0.4, 0.5) is 4.79 Å². The zero-order valence-electron chi connectivity index (χ0n) is 20.9. The number of nitrogens with one attached hydrogen (secondary N) is 1. The first-order valence-electron chi connectivity index (χ1n) is 12.6. The number of aryl methyl sites for hydroxylation is 2. The highest BCUT2D eigenvalue weighted by Crippen LogP contribution is 2.39. The molecule has 36 heavy (non-hydrogen) atoms. The molecule has 3 aliphatic rings. The molecule has 2 aliphatic carbocycles. The maximum Gasteiger partial charge on any atom is 0.341 e. The lowest BCUT2D eigenvalue weighted by atomic mass is 9.93. The number of methoxy groups -OCH3 is 1. The number of nitrogens with zero attached hydrogens (tertiary/aromatic N) is 2. The van der Waals surface area contributed by atoms with Crippen LogP contribution in [0.15, 0.2) is 11.6 Å². The van der Waals surface area contributed by atoms with Gasteiger partial charge in [0.1, 0.15) is 10.6 Å². The van der Waals surface area contributed by atoms with Gasteiger partial charge in [0, 0.05) is 22.3 Å². The summed E-state index contributed by atoms with van der Waals surface area (Å²) in [6.45, 7) is 3.85. The third kappa shape index (κ3) is 4.09. The summed E-state index contributed by atoms with van der Waals surface area (Å²) in [6.07, 6.45) is 10.0. The maximum absolute atomic E-state index is 13.3. The van der Waals surface area contributed by atoms with E-state index in [0.29, 0.717) is 11.1 Å². The van der Waals surface area contributed by atoms with Gasteiger partial charge in [0.05, 0.1) is 12.7 Å². The molecule has 0 radical (unpaired) electrons. The average Bonchev–Trinajstić information content (AvgIpc) is 3.37. The first-order valence-corrected chi connectivity index (χ1v) is 13.5. The first-order chi connectivity index (χ1) is 17.3. The van der Waals surface area contributed by atoms with Crippen LogP contribution in [0.2, 0.25) is 0 Å². The number of rotatable bonds is 4. The topological polar surface area (TPSA) is 97.7 Å². The lowest BCUT2D eigenvalue weighted by Gasteiger charge is -2.35. The van der Waals surface area contributed by atoms with Gasteiger partial charge in [-0.2, -0.15) is 0 Å². The first kappa shape index (κ1) is 24.5. The van der Waals surface area contributed by atoms with Gasteiger partial charge in [-0.05, 0) is 75.6 Å². The molecule has 8 nitrogen and oxygen atoms in total. The number of esters is 1. The van der Waals surface area contributed by atoms with E-state index in [1.807, 2.05) is 24.5 Å². The molecule has 2 aromatic rings. The zero-order chi connectivity index (χ0) is 25.6. The van der Waals surface area contributed by atoms with Crippen molar-refractivity contribution >= 4 is 41.2 Å². The van der Waals surface area contributed by atoms with Gasteiger partial charge in [0.2, 0.25) is 0 Å². The molecular formula is C27H31N3O5S. The Kier molecular flexibility index (Phi) is 6.59. The molecule has 0 bridgehead atoms. The minimum absolute atomic E-state index is 0.0425. The summed E-state index contributed by atoms with van der Waals surface area (Å²) in [5, 5.41) is 3.17. The van der Waals surface area contributed by atoms with Gasteiger partial charge in [0.15, 0.2) is 0 Å². The molecule has 0 aromatic carbocycles. The van der Waals surface area contributed by atoms with Crippen LogP contribution in [0.25, 0.3) is 11.1 Å². The molecule has 0 spiro atoms. The highest BCUT2D eigenvalue weighted by atomic mass is 32.1. The second-order valence-corrected chi connectivity index (χ2v) is 10.9. The van der Waals surface area contributed by atoms with E-state index in [1.165, 1.54) is 16.9 Å². The fraction of sp³-hybridized carbons (Fsp3) is 0.481. The van der Waals surface area contributed by atoms with Crippen LogP contribution in [0, 0.1) is 13.8 Å². The second-order valence-electron chi connectivity index (χ2n) is 9.83. The van der Waals surface area contributed by atoms with Crippen LogP contribution in [0.3, 0.4) is 0 Å². The Morgan fingerprint density at radius 1 is 1.08 bits per heavy atom. The number of urea groups is 1. The SMILES string of the molecule is COC(=O)c1c(-n2c(C)cc(C=C3C(=O)NC(=O)N(C4CCCCC4)C3=O)c2C)sc2c1CCCC2. The number of amides is 4. The van der Waals surface area contributed by atoms with Crippen molar-refractivity contribution in [2.45, 2.75) is 77.7 Å². The van der Waals surface area contributed by atoms with Crippen LogP contribution in [-0.2, 0) is 27.2 Å². The Hall–Kier alpha value is -3.20. The molecule has 1 saturated heterocycles. The highest BCUT2D eigenvalue weighted by molar-refractivity contribution is 7.15. The molecule has 0 unspecified atom stereocenters. The van der Waals surface area contributed by atoms with E-state index in [1.54, 1.807) is 17.4 Å². The summed E-state index contributed by atoms with van der Waals surface area (Å²) in [6, 6.07) is 1.09. The summed E-state index contributed by atoms with van der Waals surface area (Å²) in [4.78, 5) is 53.9. The normalized spacial score (nSPS) is 20.0. The molecule has 5 rings (SSSR count). The van der Waals surface area contributed by atoms with E-state index in [9.17, 15) is 19.2 Å². The number of thiophene rings is 1. The van der Waals surface area contributed by atoms with Crippen molar-refractivity contribution in [1.29, 1.82) is 0 Å². The molecule has 4 amide bonds. The van der Waals surface area contributed by atoms with Crippen molar-refractivity contribution in [3.63, 3.8) is 0 Å². The lowest BCUT2D eigenvalue weighted by molar-refractivity contribution is -0.132. The van der Waals surface area contributed by atoms with Crippen molar-refractivity contribution in [2.24, 2.45) is 0 Å². The molecule has 190 valence electrons. The van der Waals surface area contributed by atoms with Crippen molar-refractivity contribution in [1.82, 2.24) is 14.8 Å². The number of ether oxygens (including phenoxy) is 1.